The predicted molar refractivity (Wildman–Crippen MR) is 173 cm³/mol. The van der Waals surface area contributed by atoms with Crippen LogP contribution in [0, 0.1) is 18.0 Å². The third kappa shape index (κ3) is 11.0. The summed E-state index contributed by atoms with van der Waals surface area (Å²) in [5.74, 6) is -2.01. The number of hydrogen-bond donors (Lipinski definition) is 1. The minimum atomic E-state index is -4.72. The quantitative estimate of drug-likeness (QED) is 0.0805. The highest BCUT2D eigenvalue weighted by Gasteiger charge is 2.36. The molecule has 1 atom stereocenters. The Morgan fingerprint density at radius 3 is 2.29 bits per heavy atom. The highest BCUT2D eigenvalue weighted by Crippen LogP contribution is 2.33. The number of hydrazine groups is 1. The van der Waals surface area contributed by atoms with Crippen molar-refractivity contribution in [2.24, 2.45) is 11.2 Å². The van der Waals surface area contributed by atoms with Gasteiger partial charge in [0.25, 0.3) is 16.3 Å². The first kappa shape index (κ1) is 39.4. The van der Waals surface area contributed by atoms with E-state index in [1.807, 2.05) is 11.6 Å². The molecule has 282 valence electrons. The summed E-state index contributed by atoms with van der Waals surface area (Å²) in [5.41, 5.74) is -0.296. The van der Waals surface area contributed by atoms with E-state index in [1.54, 1.807) is 45.0 Å². The molecular weight excluding hydrogens is 717 g/mol. The summed E-state index contributed by atoms with van der Waals surface area (Å²) in [6.07, 6.45) is -7.89. The average Bonchev–Trinajstić information content (AvgIpc) is 3.48. The molecule has 0 bridgehead atoms. The van der Waals surface area contributed by atoms with Crippen LogP contribution in [0.4, 0.5) is 18.0 Å². The number of halogens is 3. The summed E-state index contributed by atoms with van der Waals surface area (Å²) in [5, 5.41) is 20.2. The minimum absolute atomic E-state index is 0.0825. The second-order valence-electron chi connectivity index (χ2n) is 12.7. The molecule has 0 radical (unpaired) electrons. The number of hydrogen-bond acceptors (Lipinski definition) is 12. The molecule has 0 saturated carbocycles. The van der Waals surface area contributed by atoms with Crippen LogP contribution in [-0.2, 0) is 44.8 Å². The highest BCUT2D eigenvalue weighted by atomic mass is 32.2. The van der Waals surface area contributed by atoms with Crippen LogP contribution >= 0.6 is 0 Å². The van der Waals surface area contributed by atoms with Crippen molar-refractivity contribution in [2.75, 3.05) is 19.7 Å². The fourth-order valence-electron chi connectivity index (χ4n) is 4.55. The molecule has 1 amide bonds. The average molecular weight is 755 g/mol. The van der Waals surface area contributed by atoms with Crippen LogP contribution in [0.2, 0.25) is 0 Å². The van der Waals surface area contributed by atoms with Crippen LogP contribution in [0.1, 0.15) is 51.8 Å². The fourth-order valence-corrected chi connectivity index (χ4v) is 5.56. The van der Waals surface area contributed by atoms with Gasteiger partial charge in [-0.15, -0.1) is 5.01 Å². The minimum Gasteiger partial charge on any atom is -0.569 e. The van der Waals surface area contributed by atoms with E-state index in [0.29, 0.717) is 5.56 Å². The molecule has 1 N–H and O–H groups in total. The van der Waals surface area contributed by atoms with Gasteiger partial charge in [0.15, 0.2) is 5.69 Å². The molecule has 2 aromatic carbocycles. The van der Waals surface area contributed by atoms with Gasteiger partial charge in [-0.05, 0) is 58.0 Å². The lowest BCUT2D eigenvalue weighted by molar-refractivity contribution is -0.728. The molecule has 1 aliphatic rings. The molecular formula is C32H37F3N6O10S. The summed E-state index contributed by atoms with van der Waals surface area (Å²) in [6, 6.07) is 12.3. The second-order valence-corrected chi connectivity index (χ2v) is 14.4. The molecule has 1 unspecified atom stereocenters. The number of carbonyl (C=O) groups excluding carboxylic acids is 3. The van der Waals surface area contributed by atoms with Gasteiger partial charge < -0.3 is 19.4 Å². The molecule has 20 heteroatoms. The molecule has 2 heterocycles. The molecule has 1 fully saturated rings. The van der Waals surface area contributed by atoms with Gasteiger partial charge >= 0.3 is 18.3 Å². The normalized spacial score (nSPS) is 14.6. The summed E-state index contributed by atoms with van der Waals surface area (Å²) < 4.78 is 84.0. The number of sulfonamides is 1. The standard InChI is InChI=1S/C32H37F3N6O10S/c1-20-6-8-23(9-7-20)26-16-27(32(33,34)35)36-40(26)24-10-12-25(13-11-24)52(46,47)37-28(42)14-15-29(43)48-19-22-17-39(18-22)41(45)38-51-21(2)49-30(44)50-31(3,4)5/h6-13,16,21-22H,14-15,17-19H2,1-5H3,(H,37,42)/b41-38-. The molecule has 4 rings (SSSR count). The van der Waals surface area contributed by atoms with Crippen molar-refractivity contribution >= 4 is 28.1 Å². The van der Waals surface area contributed by atoms with Crippen LogP contribution < -0.4 is 4.72 Å². The first-order chi connectivity index (χ1) is 24.2. The number of aryl methyl sites for hydroxylation is 1. The van der Waals surface area contributed by atoms with E-state index < -0.39 is 64.7 Å². The molecule has 1 aromatic heterocycles. The van der Waals surface area contributed by atoms with Gasteiger partial charge in [-0.1, -0.05) is 29.8 Å². The molecule has 52 heavy (non-hydrogen) atoms. The maximum Gasteiger partial charge on any atom is 0.511 e. The second kappa shape index (κ2) is 15.9. The lowest BCUT2D eigenvalue weighted by Gasteiger charge is -2.33. The zero-order valence-electron chi connectivity index (χ0n) is 28.7. The fraction of sp³-hybridized carbons (Fsp3) is 0.438. The van der Waals surface area contributed by atoms with Gasteiger partial charge in [0.2, 0.25) is 11.2 Å². The van der Waals surface area contributed by atoms with Crippen molar-refractivity contribution in [3.8, 4) is 16.9 Å². The number of nitrogens with one attached hydrogen (secondary N) is 1. The number of carbonyl (C=O) groups is 3. The van der Waals surface area contributed by atoms with Crippen molar-refractivity contribution in [3.05, 3.63) is 71.1 Å². The number of rotatable bonds is 13. The maximum absolute atomic E-state index is 13.5. The number of benzene rings is 2. The number of nitrogens with zero attached hydrogens (tertiary/aromatic N) is 5. The number of ether oxygens (including phenoxy) is 3. The smallest absolute Gasteiger partial charge is 0.511 e. The van der Waals surface area contributed by atoms with Crippen molar-refractivity contribution in [3.63, 3.8) is 0 Å². The SMILES string of the molecule is Cc1ccc(-c2cc(C(F)(F)F)nn2-c2ccc(S(=O)(=O)NC(=O)CCC(=O)OCC3CN(/[N+]([O-])=N/OC(C)OC(=O)OC(C)(C)C)C3)cc2)cc1. The third-order valence-corrected chi connectivity index (χ3v) is 8.51. The van der Waals surface area contributed by atoms with E-state index in [9.17, 15) is 41.2 Å². The molecule has 0 spiro atoms. The highest BCUT2D eigenvalue weighted by molar-refractivity contribution is 7.90. The van der Waals surface area contributed by atoms with E-state index in [1.165, 1.54) is 24.1 Å². The Hall–Kier alpha value is -5.40. The van der Waals surface area contributed by atoms with Crippen molar-refractivity contribution in [2.45, 2.75) is 70.4 Å². The van der Waals surface area contributed by atoms with Crippen LogP contribution in [0.5, 0.6) is 0 Å². The maximum atomic E-state index is 13.5. The largest absolute Gasteiger partial charge is 0.569 e. The number of esters is 1. The predicted octanol–water partition coefficient (Wildman–Crippen LogP) is 5.03. The Bertz CT molecular complexity index is 1890. The molecule has 16 nitrogen and oxygen atoms in total. The first-order valence-corrected chi connectivity index (χ1v) is 17.2. The lowest BCUT2D eigenvalue weighted by atomic mass is 10.0. The summed E-state index contributed by atoms with van der Waals surface area (Å²) >= 11 is 0. The Morgan fingerprint density at radius 2 is 1.69 bits per heavy atom. The molecule has 1 aliphatic heterocycles. The Kier molecular flexibility index (Phi) is 12.0. The van der Waals surface area contributed by atoms with Crippen LogP contribution in [-0.4, -0.2) is 77.8 Å². The van der Waals surface area contributed by atoms with Gasteiger partial charge in [-0.2, -0.15) is 18.3 Å². The van der Waals surface area contributed by atoms with Crippen LogP contribution in [0.15, 0.2) is 64.8 Å². The summed E-state index contributed by atoms with van der Waals surface area (Å²) in [7, 11) is -4.40. The van der Waals surface area contributed by atoms with E-state index in [-0.39, 0.29) is 46.9 Å². The van der Waals surface area contributed by atoms with Crippen molar-refractivity contribution < 1.29 is 60.0 Å². The zero-order chi connectivity index (χ0) is 38.4. The van der Waals surface area contributed by atoms with Gasteiger partial charge in [0.05, 0.1) is 47.4 Å². The van der Waals surface area contributed by atoms with Gasteiger partial charge in [-0.3, -0.25) is 14.4 Å². The summed E-state index contributed by atoms with van der Waals surface area (Å²) in [6.45, 7) is 8.32. The Labute approximate surface area is 296 Å². The lowest BCUT2D eigenvalue weighted by Crippen LogP contribution is -2.52. The Morgan fingerprint density at radius 1 is 1.06 bits per heavy atom. The number of alkyl halides is 3. The zero-order valence-corrected chi connectivity index (χ0v) is 29.6. The van der Waals surface area contributed by atoms with Crippen LogP contribution in [0.25, 0.3) is 16.9 Å². The van der Waals surface area contributed by atoms with E-state index in [2.05, 4.69) is 10.4 Å². The van der Waals surface area contributed by atoms with E-state index >= 15 is 0 Å². The topological polar surface area (TPSA) is 194 Å². The van der Waals surface area contributed by atoms with Crippen LogP contribution in [0.3, 0.4) is 0 Å². The first-order valence-electron chi connectivity index (χ1n) is 15.7. The number of amides is 1. The molecule has 1 saturated heterocycles. The van der Waals surface area contributed by atoms with E-state index in [0.717, 1.165) is 28.4 Å². The molecule has 0 aliphatic carbocycles. The van der Waals surface area contributed by atoms with Crippen molar-refractivity contribution in [1.29, 1.82) is 0 Å². The Balaban J connectivity index is 1.22. The number of aromatic nitrogens is 2. The van der Waals surface area contributed by atoms with Crippen molar-refractivity contribution in [1.82, 2.24) is 19.5 Å². The van der Waals surface area contributed by atoms with Gasteiger partial charge in [0.1, 0.15) is 5.60 Å². The van der Waals surface area contributed by atoms with Gasteiger partial charge in [0, 0.05) is 24.8 Å². The van der Waals surface area contributed by atoms with E-state index in [4.69, 9.17) is 19.0 Å². The molecule has 3 aromatic rings. The monoisotopic (exact) mass is 754 g/mol. The third-order valence-electron chi connectivity index (χ3n) is 7.12. The van der Waals surface area contributed by atoms with Gasteiger partial charge in [-0.25, -0.2) is 22.6 Å². The summed E-state index contributed by atoms with van der Waals surface area (Å²) in [4.78, 5) is 40.8.